The molecule has 1 amide bonds. The number of nitrogens with zero attached hydrogens (tertiary/aromatic N) is 1. The smallest absolute Gasteiger partial charge is 0.258 e. The normalized spacial score (nSPS) is 20.4. The maximum absolute atomic E-state index is 12.4. The quantitative estimate of drug-likeness (QED) is 0.637. The zero-order chi connectivity index (χ0) is 15.7. The third-order valence-corrected chi connectivity index (χ3v) is 3.79. The molecular formula is C16H14N3O3+. The summed E-state index contributed by atoms with van der Waals surface area (Å²) in [6, 6.07) is 15.4. The van der Waals surface area contributed by atoms with Crippen molar-refractivity contribution in [3.63, 3.8) is 0 Å². The molecule has 0 spiro atoms. The lowest BCUT2D eigenvalue weighted by molar-refractivity contribution is -0.532. The molecule has 0 fully saturated rings. The van der Waals surface area contributed by atoms with Crippen LogP contribution < -0.4 is 10.3 Å². The van der Waals surface area contributed by atoms with E-state index in [1.54, 1.807) is 19.1 Å². The molecule has 3 rings (SSSR count). The first-order chi connectivity index (χ1) is 10.5. The van der Waals surface area contributed by atoms with E-state index in [4.69, 9.17) is 0 Å². The Labute approximate surface area is 126 Å². The highest BCUT2D eigenvalue weighted by molar-refractivity contribution is 6.10. The van der Waals surface area contributed by atoms with Crippen LogP contribution in [0.3, 0.4) is 0 Å². The van der Waals surface area contributed by atoms with E-state index in [0.717, 1.165) is 5.56 Å². The van der Waals surface area contributed by atoms with Crippen molar-refractivity contribution in [1.82, 2.24) is 5.32 Å². The minimum atomic E-state index is -0.863. The number of amidine groups is 1. The predicted octanol–water partition coefficient (Wildman–Crippen LogP) is 0.467. The summed E-state index contributed by atoms with van der Waals surface area (Å²) in [6.07, 6.45) is 0. The van der Waals surface area contributed by atoms with Crippen LogP contribution in [-0.2, 0) is 10.3 Å². The molecule has 0 aliphatic carbocycles. The van der Waals surface area contributed by atoms with E-state index in [-0.39, 0.29) is 11.6 Å². The van der Waals surface area contributed by atoms with Crippen LogP contribution >= 0.6 is 0 Å². The van der Waals surface area contributed by atoms with Gasteiger partial charge in [0.2, 0.25) is 5.54 Å². The Hall–Kier alpha value is -3.02. The van der Waals surface area contributed by atoms with E-state index >= 15 is 0 Å². The van der Waals surface area contributed by atoms with Gasteiger partial charge in [-0.2, -0.15) is 0 Å². The monoisotopic (exact) mass is 296 g/mol. The SMILES string of the molecule is C[C@]1(c2ccccc2)[NH+]=C(c2ccc([N+](=O)[O-])cc2)NC1=O. The molecule has 0 bridgehead atoms. The van der Waals surface area contributed by atoms with Gasteiger partial charge in [-0.1, -0.05) is 30.3 Å². The van der Waals surface area contributed by atoms with Crippen molar-refractivity contribution in [3.8, 4) is 0 Å². The molecule has 0 aromatic heterocycles. The first-order valence-electron chi connectivity index (χ1n) is 6.77. The van der Waals surface area contributed by atoms with E-state index in [1.807, 2.05) is 30.3 Å². The van der Waals surface area contributed by atoms with Crippen molar-refractivity contribution in [2.24, 2.45) is 0 Å². The number of amides is 1. The Morgan fingerprint density at radius 1 is 1.09 bits per heavy atom. The molecular weight excluding hydrogens is 282 g/mol. The van der Waals surface area contributed by atoms with Crippen LogP contribution in [0.2, 0.25) is 0 Å². The number of rotatable bonds is 3. The molecule has 1 aliphatic rings. The zero-order valence-electron chi connectivity index (χ0n) is 11.9. The lowest BCUT2D eigenvalue weighted by Gasteiger charge is -2.13. The number of carbonyl (C=O) groups is 1. The summed E-state index contributed by atoms with van der Waals surface area (Å²) in [5, 5.41) is 13.5. The topological polar surface area (TPSA) is 86.2 Å². The molecule has 6 heteroatoms. The number of carbonyl (C=O) groups excluding carboxylic acids is 1. The van der Waals surface area contributed by atoms with E-state index < -0.39 is 10.5 Å². The number of nitrogens with one attached hydrogen (secondary N) is 2. The summed E-state index contributed by atoms with van der Waals surface area (Å²) >= 11 is 0. The van der Waals surface area contributed by atoms with E-state index in [1.165, 1.54) is 12.1 Å². The molecule has 0 unspecified atom stereocenters. The number of hydrogen-bond donors (Lipinski definition) is 2. The van der Waals surface area contributed by atoms with Gasteiger partial charge in [0.25, 0.3) is 11.5 Å². The molecule has 6 nitrogen and oxygen atoms in total. The molecule has 1 heterocycles. The third-order valence-electron chi connectivity index (χ3n) is 3.79. The van der Waals surface area contributed by atoms with Crippen LogP contribution in [0.15, 0.2) is 54.6 Å². The fraction of sp³-hybridized carbons (Fsp3) is 0.125. The molecule has 2 aromatic rings. The zero-order valence-corrected chi connectivity index (χ0v) is 11.9. The molecule has 0 radical (unpaired) electrons. The second kappa shape index (κ2) is 5.07. The standard InChI is InChI=1S/C16H13N3O3/c1-16(12-5-3-2-4-6-12)15(20)17-14(18-16)11-7-9-13(10-8-11)19(21)22/h2-10H,1H3,(H,17,18,20)/p+1/t16-/m1/s1. The summed E-state index contributed by atoms with van der Waals surface area (Å²) in [5.74, 6) is 0.387. The van der Waals surface area contributed by atoms with E-state index in [2.05, 4.69) is 10.3 Å². The number of non-ortho nitro benzene ring substituents is 1. The van der Waals surface area contributed by atoms with Crippen molar-refractivity contribution in [3.05, 3.63) is 75.8 Å². The summed E-state index contributed by atoms with van der Waals surface area (Å²) in [5.41, 5.74) is 0.695. The van der Waals surface area contributed by atoms with Crippen molar-refractivity contribution in [1.29, 1.82) is 0 Å². The van der Waals surface area contributed by atoms with Gasteiger partial charge < -0.3 is 0 Å². The Morgan fingerprint density at radius 3 is 2.32 bits per heavy atom. The lowest BCUT2D eigenvalue weighted by atomic mass is 9.93. The Kier molecular flexibility index (Phi) is 3.21. The van der Waals surface area contributed by atoms with Crippen LogP contribution in [-0.4, -0.2) is 16.7 Å². The molecule has 0 saturated heterocycles. The van der Waals surface area contributed by atoms with Gasteiger partial charge in [-0.05, 0) is 19.1 Å². The van der Waals surface area contributed by atoms with Crippen LogP contribution in [0.1, 0.15) is 18.1 Å². The molecule has 1 atom stereocenters. The first kappa shape index (κ1) is 13.9. The summed E-state index contributed by atoms with van der Waals surface area (Å²) < 4.78 is 0. The average Bonchev–Trinajstić information content (AvgIpc) is 2.85. The number of hydrogen-bond acceptors (Lipinski definition) is 3. The van der Waals surface area contributed by atoms with Crippen LogP contribution in [0.4, 0.5) is 5.69 Å². The molecule has 2 N–H and O–H groups in total. The van der Waals surface area contributed by atoms with Gasteiger partial charge in [0.15, 0.2) is 0 Å². The summed E-state index contributed by atoms with van der Waals surface area (Å²) in [7, 11) is 0. The summed E-state index contributed by atoms with van der Waals surface area (Å²) in [6.45, 7) is 1.80. The van der Waals surface area contributed by atoms with Gasteiger partial charge in [0, 0.05) is 17.7 Å². The van der Waals surface area contributed by atoms with Crippen molar-refractivity contribution >= 4 is 17.4 Å². The van der Waals surface area contributed by atoms with Gasteiger partial charge in [-0.25, -0.2) is 10.1 Å². The highest BCUT2D eigenvalue weighted by atomic mass is 16.6. The van der Waals surface area contributed by atoms with Crippen molar-refractivity contribution in [2.75, 3.05) is 0 Å². The molecule has 2 aromatic carbocycles. The summed E-state index contributed by atoms with van der Waals surface area (Å²) in [4.78, 5) is 25.8. The minimum absolute atomic E-state index is 0.0134. The third kappa shape index (κ3) is 2.24. The lowest BCUT2D eigenvalue weighted by Crippen LogP contribution is -2.82. The van der Waals surface area contributed by atoms with Gasteiger partial charge >= 0.3 is 5.91 Å². The van der Waals surface area contributed by atoms with Crippen LogP contribution in [0.25, 0.3) is 0 Å². The second-order valence-electron chi connectivity index (χ2n) is 5.25. The Morgan fingerprint density at radius 2 is 1.73 bits per heavy atom. The number of benzene rings is 2. The van der Waals surface area contributed by atoms with Crippen LogP contribution in [0, 0.1) is 10.1 Å². The average molecular weight is 296 g/mol. The van der Waals surface area contributed by atoms with Gasteiger partial charge in [0.1, 0.15) is 0 Å². The predicted molar refractivity (Wildman–Crippen MR) is 80.1 cm³/mol. The van der Waals surface area contributed by atoms with Crippen molar-refractivity contribution in [2.45, 2.75) is 12.5 Å². The number of nitro groups is 1. The van der Waals surface area contributed by atoms with Gasteiger partial charge in [-0.15, -0.1) is 0 Å². The maximum atomic E-state index is 12.4. The largest absolute Gasteiger partial charge is 0.359 e. The molecule has 22 heavy (non-hydrogen) atoms. The second-order valence-corrected chi connectivity index (χ2v) is 5.25. The van der Waals surface area contributed by atoms with E-state index in [0.29, 0.717) is 11.4 Å². The fourth-order valence-corrected chi connectivity index (χ4v) is 2.45. The molecule has 0 saturated carbocycles. The highest BCUT2D eigenvalue weighted by Crippen LogP contribution is 2.19. The highest BCUT2D eigenvalue weighted by Gasteiger charge is 2.47. The molecule has 1 aliphatic heterocycles. The van der Waals surface area contributed by atoms with Crippen molar-refractivity contribution < 1.29 is 14.7 Å². The minimum Gasteiger partial charge on any atom is -0.258 e. The Bertz CT molecular complexity index is 769. The van der Waals surface area contributed by atoms with Crippen LogP contribution in [0.5, 0.6) is 0 Å². The number of nitro benzene ring substituents is 1. The molecule has 110 valence electrons. The first-order valence-corrected chi connectivity index (χ1v) is 6.77. The van der Waals surface area contributed by atoms with E-state index in [9.17, 15) is 14.9 Å². The fourth-order valence-electron chi connectivity index (χ4n) is 2.45. The maximum Gasteiger partial charge on any atom is 0.359 e. The Balaban J connectivity index is 1.98. The van der Waals surface area contributed by atoms with Gasteiger partial charge in [0.05, 0.1) is 10.5 Å². The van der Waals surface area contributed by atoms with Gasteiger partial charge in [-0.3, -0.25) is 15.1 Å².